The van der Waals surface area contributed by atoms with Crippen LogP contribution in [0, 0.1) is 0 Å². The highest BCUT2D eigenvalue weighted by atomic mass is 16.5. The first-order valence-corrected chi connectivity index (χ1v) is 6.21. The Balaban J connectivity index is 1.94. The predicted molar refractivity (Wildman–Crippen MR) is 75.6 cm³/mol. The number of nitrogens with zero attached hydrogens (tertiary/aromatic N) is 1. The van der Waals surface area contributed by atoms with Gasteiger partial charge in [-0.05, 0) is 17.7 Å². The maximum atomic E-state index is 11.4. The average Bonchev–Trinajstić information content (AvgIpc) is 2.49. The minimum absolute atomic E-state index is 0.391. The lowest BCUT2D eigenvalue weighted by atomic mass is 10.1. The summed E-state index contributed by atoms with van der Waals surface area (Å²) in [5.41, 5.74) is 8.03. The standard InChI is InChI=1S/C15H16N2O3/c1-19-15(18)12-6-8-17-14(10-12)20-9-7-11-4-2-3-5-13(11)16/h2-6,8,10H,7,9,16H2,1H3. The molecule has 2 aromatic rings. The van der Waals surface area contributed by atoms with Gasteiger partial charge >= 0.3 is 5.97 Å². The smallest absolute Gasteiger partial charge is 0.338 e. The Bertz CT molecular complexity index is 599. The number of hydrogen-bond donors (Lipinski definition) is 1. The van der Waals surface area contributed by atoms with Gasteiger partial charge in [-0.25, -0.2) is 9.78 Å². The Morgan fingerprint density at radius 1 is 1.30 bits per heavy atom. The lowest BCUT2D eigenvalue weighted by Gasteiger charge is -2.08. The predicted octanol–water partition coefficient (Wildman–Crippen LogP) is 2.07. The van der Waals surface area contributed by atoms with Crippen molar-refractivity contribution in [2.24, 2.45) is 0 Å². The average molecular weight is 272 g/mol. The molecule has 2 rings (SSSR count). The molecule has 0 unspecified atom stereocenters. The highest BCUT2D eigenvalue weighted by molar-refractivity contribution is 5.89. The first kappa shape index (κ1) is 13.9. The van der Waals surface area contributed by atoms with Crippen molar-refractivity contribution in [3.05, 3.63) is 53.7 Å². The fourth-order valence-electron chi connectivity index (χ4n) is 1.76. The minimum atomic E-state index is -0.412. The van der Waals surface area contributed by atoms with Gasteiger partial charge in [0.05, 0.1) is 19.3 Å². The highest BCUT2D eigenvalue weighted by Gasteiger charge is 2.07. The van der Waals surface area contributed by atoms with Crippen molar-refractivity contribution in [2.45, 2.75) is 6.42 Å². The molecule has 5 nitrogen and oxygen atoms in total. The van der Waals surface area contributed by atoms with E-state index in [-0.39, 0.29) is 0 Å². The third-order valence-electron chi connectivity index (χ3n) is 2.83. The molecule has 1 heterocycles. The Labute approximate surface area is 117 Å². The van der Waals surface area contributed by atoms with Crippen molar-refractivity contribution in [2.75, 3.05) is 19.5 Å². The van der Waals surface area contributed by atoms with E-state index in [2.05, 4.69) is 9.72 Å². The van der Waals surface area contributed by atoms with Crippen molar-refractivity contribution in [3.63, 3.8) is 0 Å². The van der Waals surface area contributed by atoms with Crippen molar-refractivity contribution < 1.29 is 14.3 Å². The summed E-state index contributed by atoms with van der Waals surface area (Å²) in [5, 5.41) is 0. The summed E-state index contributed by atoms with van der Waals surface area (Å²) in [6, 6.07) is 10.8. The largest absolute Gasteiger partial charge is 0.477 e. The number of para-hydroxylation sites is 1. The zero-order valence-corrected chi connectivity index (χ0v) is 11.2. The number of nitrogen functional groups attached to an aromatic ring is 1. The molecule has 0 aliphatic carbocycles. The Morgan fingerprint density at radius 2 is 2.10 bits per heavy atom. The molecule has 0 saturated heterocycles. The molecule has 0 amide bonds. The molecular weight excluding hydrogens is 256 g/mol. The van der Waals surface area contributed by atoms with Crippen molar-refractivity contribution >= 4 is 11.7 Å². The molecule has 0 fully saturated rings. The fourth-order valence-corrected chi connectivity index (χ4v) is 1.76. The van der Waals surface area contributed by atoms with Gasteiger partial charge in [0.1, 0.15) is 0 Å². The number of methoxy groups -OCH3 is 1. The number of benzene rings is 1. The summed E-state index contributed by atoms with van der Waals surface area (Å²) in [6.45, 7) is 0.436. The van der Waals surface area contributed by atoms with Crippen LogP contribution in [0.5, 0.6) is 5.88 Å². The molecule has 0 aliphatic heterocycles. The SMILES string of the molecule is COC(=O)c1ccnc(OCCc2ccccc2N)c1. The van der Waals surface area contributed by atoms with Gasteiger partial charge in [-0.1, -0.05) is 18.2 Å². The van der Waals surface area contributed by atoms with Crippen LogP contribution >= 0.6 is 0 Å². The second kappa shape index (κ2) is 6.56. The lowest BCUT2D eigenvalue weighted by molar-refractivity contribution is 0.0600. The quantitative estimate of drug-likeness (QED) is 0.666. The van der Waals surface area contributed by atoms with Gasteiger partial charge in [0.15, 0.2) is 0 Å². The monoisotopic (exact) mass is 272 g/mol. The van der Waals surface area contributed by atoms with Crippen LogP contribution in [0.3, 0.4) is 0 Å². The molecule has 5 heteroatoms. The van der Waals surface area contributed by atoms with Crippen LogP contribution in [0.25, 0.3) is 0 Å². The number of pyridine rings is 1. The Hall–Kier alpha value is -2.56. The van der Waals surface area contributed by atoms with Gasteiger partial charge < -0.3 is 15.2 Å². The van der Waals surface area contributed by atoms with Gasteiger partial charge in [0, 0.05) is 24.4 Å². The van der Waals surface area contributed by atoms with Crippen LogP contribution in [0.1, 0.15) is 15.9 Å². The number of carbonyl (C=O) groups is 1. The van der Waals surface area contributed by atoms with Crippen LogP contribution in [-0.2, 0) is 11.2 Å². The number of nitrogens with two attached hydrogens (primary N) is 1. The summed E-state index contributed by atoms with van der Waals surface area (Å²) >= 11 is 0. The molecule has 0 aliphatic rings. The number of anilines is 1. The number of hydrogen-bond acceptors (Lipinski definition) is 5. The molecule has 20 heavy (non-hydrogen) atoms. The van der Waals surface area contributed by atoms with Crippen LogP contribution in [0.15, 0.2) is 42.6 Å². The van der Waals surface area contributed by atoms with Crippen molar-refractivity contribution in [1.82, 2.24) is 4.98 Å². The van der Waals surface area contributed by atoms with E-state index >= 15 is 0 Å². The van der Waals surface area contributed by atoms with E-state index in [4.69, 9.17) is 10.5 Å². The maximum Gasteiger partial charge on any atom is 0.338 e. The van der Waals surface area contributed by atoms with E-state index < -0.39 is 5.97 Å². The van der Waals surface area contributed by atoms with E-state index in [9.17, 15) is 4.79 Å². The lowest BCUT2D eigenvalue weighted by Crippen LogP contribution is -2.06. The molecule has 104 valence electrons. The summed E-state index contributed by atoms with van der Waals surface area (Å²) in [4.78, 5) is 15.4. The van der Waals surface area contributed by atoms with Crippen LogP contribution in [0.4, 0.5) is 5.69 Å². The second-order valence-corrected chi connectivity index (χ2v) is 4.17. The molecule has 2 N–H and O–H groups in total. The molecule has 0 saturated carbocycles. The number of esters is 1. The third kappa shape index (κ3) is 3.47. The van der Waals surface area contributed by atoms with Gasteiger partial charge in [0.25, 0.3) is 0 Å². The van der Waals surface area contributed by atoms with Gasteiger partial charge in [-0.15, -0.1) is 0 Å². The van der Waals surface area contributed by atoms with Gasteiger partial charge in [0.2, 0.25) is 5.88 Å². The molecule has 0 atom stereocenters. The van der Waals surface area contributed by atoms with Crippen LogP contribution in [0.2, 0.25) is 0 Å². The van der Waals surface area contributed by atoms with E-state index in [1.165, 1.54) is 13.3 Å². The maximum absolute atomic E-state index is 11.4. The molecule has 1 aromatic carbocycles. The van der Waals surface area contributed by atoms with Crippen LogP contribution in [-0.4, -0.2) is 24.7 Å². The Morgan fingerprint density at radius 3 is 2.85 bits per heavy atom. The summed E-state index contributed by atoms with van der Waals surface area (Å²) in [5.74, 6) is -0.0213. The van der Waals surface area contributed by atoms with E-state index in [0.717, 1.165) is 11.3 Å². The summed E-state index contributed by atoms with van der Waals surface area (Å²) in [6.07, 6.45) is 2.19. The normalized spacial score (nSPS) is 10.1. The molecule has 0 bridgehead atoms. The van der Waals surface area contributed by atoms with Crippen molar-refractivity contribution in [3.8, 4) is 5.88 Å². The third-order valence-corrected chi connectivity index (χ3v) is 2.83. The Kier molecular flexibility index (Phi) is 4.55. The van der Waals surface area contributed by atoms with Gasteiger partial charge in [-0.2, -0.15) is 0 Å². The number of rotatable bonds is 5. The van der Waals surface area contributed by atoms with Gasteiger partial charge in [-0.3, -0.25) is 0 Å². The first-order chi connectivity index (χ1) is 9.70. The van der Waals surface area contributed by atoms with Crippen molar-refractivity contribution in [1.29, 1.82) is 0 Å². The van der Waals surface area contributed by atoms with E-state index in [0.29, 0.717) is 24.5 Å². The second-order valence-electron chi connectivity index (χ2n) is 4.17. The number of aromatic nitrogens is 1. The summed E-state index contributed by atoms with van der Waals surface area (Å²) in [7, 11) is 1.33. The minimum Gasteiger partial charge on any atom is -0.477 e. The molecular formula is C15H16N2O3. The number of ether oxygens (including phenoxy) is 2. The fraction of sp³-hybridized carbons (Fsp3) is 0.200. The highest BCUT2D eigenvalue weighted by Crippen LogP contribution is 2.13. The number of carbonyl (C=O) groups excluding carboxylic acids is 1. The molecule has 0 radical (unpaired) electrons. The zero-order valence-electron chi connectivity index (χ0n) is 11.2. The zero-order chi connectivity index (χ0) is 14.4. The first-order valence-electron chi connectivity index (χ1n) is 6.21. The molecule has 1 aromatic heterocycles. The van der Waals surface area contributed by atoms with E-state index in [1.807, 2.05) is 24.3 Å². The van der Waals surface area contributed by atoms with Crippen LogP contribution < -0.4 is 10.5 Å². The van der Waals surface area contributed by atoms with E-state index in [1.54, 1.807) is 12.1 Å². The topological polar surface area (TPSA) is 74.4 Å². The summed E-state index contributed by atoms with van der Waals surface area (Å²) < 4.78 is 10.2. The molecule has 0 spiro atoms.